The van der Waals surface area contributed by atoms with Gasteiger partial charge in [0.05, 0.1) is 6.54 Å². The van der Waals surface area contributed by atoms with E-state index in [1.807, 2.05) is 43.3 Å². The number of hydrogen-bond donors (Lipinski definition) is 2. The number of rotatable bonds is 4. The van der Waals surface area contributed by atoms with Gasteiger partial charge < -0.3 is 15.9 Å². The van der Waals surface area contributed by atoms with Crippen LogP contribution in [0.3, 0.4) is 0 Å². The first kappa shape index (κ1) is 17.8. The summed E-state index contributed by atoms with van der Waals surface area (Å²) in [5.74, 6) is 1.52. The Morgan fingerprint density at radius 1 is 1.12 bits per heavy atom. The second-order valence-electron chi connectivity index (χ2n) is 5.78. The molecule has 134 valence electrons. The Balaban J connectivity index is 0.00000196. The summed E-state index contributed by atoms with van der Waals surface area (Å²) in [6.45, 7) is 2.87. The van der Waals surface area contributed by atoms with Crippen LogP contribution in [-0.4, -0.2) is 25.0 Å². The molecule has 1 aromatic carbocycles. The molecule has 0 aliphatic rings. The highest BCUT2D eigenvalue weighted by atomic mass is 35.5. The molecule has 4 N–H and O–H groups in total. The number of nitrogens with zero attached hydrogens (tertiary/aromatic N) is 5. The highest BCUT2D eigenvalue weighted by Crippen LogP contribution is 2.27. The van der Waals surface area contributed by atoms with Gasteiger partial charge in [-0.2, -0.15) is 4.98 Å². The summed E-state index contributed by atoms with van der Waals surface area (Å²) in [7, 11) is 0. The van der Waals surface area contributed by atoms with E-state index in [1.54, 1.807) is 4.68 Å². The summed E-state index contributed by atoms with van der Waals surface area (Å²) in [6, 6.07) is 11.7. The summed E-state index contributed by atoms with van der Waals surface area (Å²) >= 11 is 0. The zero-order valence-electron chi connectivity index (χ0n) is 14.1. The van der Waals surface area contributed by atoms with Gasteiger partial charge in [0.15, 0.2) is 16.9 Å². The number of fused-ring (bicyclic) bond motifs is 1. The number of aromatic nitrogens is 5. The van der Waals surface area contributed by atoms with Crippen molar-refractivity contribution >= 4 is 29.5 Å². The summed E-state index contributed by atoms with van der Waals surface area (Å²) in [5, 5.41) is 8.45. The van der Waals surface area contributed by atoms with Crippen LogP contribution in [0.4, 0.5) is 5.95 Å². The second kappa shape index (κ2) is 7.11. The van der Waals surface area contributed by atoms with Crippen molar-refractivity contribution in [1.82, 2.24) is 25.0 Å². The molecule has 9 heteroatoms. The van der Waals surface area contributed by atoms with Crippen LogP contribution in [0.15, 0.2) is 40.8 Å². The first-order valence-electron chi connectivity index (χ1n) is 7.85. The molecule has 0 radical (unpaired) electrons. The molecule has 0 spiro atoms. The molecule has 3 heterocycles. The third-order valence-electron chi connectivity index (χ3n) is 3.91. The van der Waals surface area contributed by atoms with E-state index in [-0.39, 0.29) is 18.4 Å². The zero-order valence-corrected chi connectivity index (χ0v) is 14.9. The fraction of sp³-hybridized carbons (Fsp3) is 0.176. The van der Waals surface area contributed by atoms with Crippen molar-refractivity contribution in [2.45, 2.75) is 20.0 Å². The van der Waals surface area contributed by atoms with E-state index < -0.39 is 0 Å². The van der Waals surface area contributed by atoms with Crippen LogP contribution in [0, 0.1) is 6.92 Å². The number of nitrogens with two attached hydrogens (primary N) is 2. The number of benzene rings is 1. The van der Waals surface area contributed by atoms with Gasteiger partial charge in [-0.1, -0.05) is 29.5 Å². The largest absolute Gasteiger partial charge is 0.460 e. The molecule has 0 aliphatic heterocycles. The Morgan fingerprint density at radius 2 is 1.92 bits per heavy atom. The SMILES string of the molecule is Cc1ccc(-c2nc(N)nc3c2nnn3Cc2cccc(CN)c2)o1.Cl. The standard InChI is InChI=1S/C17H17N7O.ClH/c1-10-5-6-13(25-10)14-15-16(21-17(19)20-14)24(23-22-15)9-12-4-2-3-11(7-12)8-18;/h2-7H,8-9,18H2,1H3,(H2,19,20,21);1H. The maximum absolute atomic E-state index is 5.89. The average molecular weight is 372 g/mol. The lowest BCUT2D eigenvalue weighted by Crippen LogP contribution is -2.06. The Kier molecular flexibility index (Phi) is 4.88. The lowest BCUT2D eigenvalue weighted by atomic mass is 10.1. The molecule has 0 atom stereocenters. The van der Waals surface area contributed by atoms with Crippen LogP contribution in [0.1, 0.15) is 16.9 Å². The molecule has 0 aliphatic carbocycles. The first-order valence-corrected chi connectivity index (χ1v) is 7.85. The minimum absolute atomic E-state index is 0. The van der Waals surface area contributed by atoms with Gasteiger partial charge >= 0.3 is 0 Å². The van der Waals surface area contributed by atoms with Crippen molar-refractivity contribution in [1.29, 1.82) is 0 Å². The molecule has 0 unspecified atom stereocenters. The van der Waals surface area contributed by atoms with Gasteiger partial charge in [0, 0.05) is 6.54 Å². The van der Waals surface area contributed by atoms with Gasteiger partial charge in [-0.15, -0.1) is 17.5 Å². The number of nitrogen functional groups attached to an aromatic ring is 1. The van der Waals surface area contributed by atoms with E-state index >= 15 is 0 Å². The maximum atomic E-state index is 5.89. The Hall–Kier alpha value is -2.97. The molecule has 8 nitrogen and oxygen atoms in total. The average Bonchev–Trinajstić information content (AvgIpc) is 3.21. The molecule has 0 saturated heterocycles. The molecule has 26 heavy (non-hydrogen) atoms. The lowest BCUT2D eigenvalue weighted by Gasteiger charge is -2.05. The van der Waals surface area contributed by atoms with Gasteiger partial charge in [0.1, 0.15) is 11.5 Å². The summed E-state index contributed by atoms with van der Waals surface area (Å²) in [6.07, 6.45) is 0. The molecular formula is C17H18ClN7O. The monoisotopic (exact) mass is 371 g/mol. The number of hydrogen-bond acceptors (Lipinski definition) is 7. The molecule has 4 rings (SSSR count). The van der Waals surface area contributed by atoms with Crippen LogP contribution in [0.5, 0.6) is 0 Å². The van der Waals surface area contributed by atoms with Crippen molar-refractivity contribution < 1.29 is 4.42 Å². The van der Waals surface area contributed by atoms with E-state index in [4.69, 9.17) is 15.9 Å². The normalized spacial score (nSPS) is 10.8. The smallest absolute Gasteiger partial charge is 0.222 e. The van der Waals surface area contributed by atoms with Gasteiger partial charge in [0.2, 0.25) is 5.95 Å². The third kappa shape index (κ3) is 3.24. The van der Waals surface area contributed by atoms with E-state index in [0.717, 1.165) is 16.9 Å². The minimum Gasteiger partial charge on any atom is -0.460 e. The van der Waals surface area contributed by atoms with E-state index in [2.05, 4.69) is 20.3 Å². The van der Waals surface area contributed by atoms with Crippen LogP contribution >= 0.6 is 12.4 Å². The molecule has 0 amide bonds. The number of anilines is 1. The van der Waals surface area contributed by atoms with Crippen molar-refractivity contribution in [3.05, 3.63) is 53.3 Å². The quantitative estimate of drug-likeness (QED) is 0.564. The maximum Gasteiger partial charge on any atom is 0.222 e. The zero-order chi connectivity index (χ0) is 17.4. The van der Waals surface area contributed by atoms with Gasteiger partial charge in [-0.3, -0.25) is 0 Å². The third-order valence-corrected chi connectivity index (χ3v) is 3.91. The number of halogens is 1. The molecule has 3 aromatic heterocycles. The Labute approximate surface area is 155 Å². The van der Waals surface area contributed by atoms with Crippen LogP contribution < -0.4 is 11.5 Å². The van der Waals surface area contributed by atoms with E-state index in [1.165, 1.54) is 0 Å². The van der Waals surface area contributed by atoms with Crippen LogP contribution in [-0.2, 0) is 13.1 Å². The Bertz CT molecular complexity index is 1060. The van der Waals surface area contributed by atoms with Crippen molar-refractivity contribution in [3.63, 3.8) is 0 Å². The number of aryl methyl sites for hydroxylation is 1. The fourth-order valence-corrected chi connectivity index (χ4v) is 2.74. The second-order valence-corrected chi connectivity index (χ2v) is 5.78. The summed E-state index contributed by atoms with van der Waals surface area (Å²) in [4.78, 5) is 8.58. The fourth-order valence-electron chi connectivity index (χ4n) is 2.74. The topological polar surface area (TPSA) is 122 Å². The minimum atomic E-state index is 0. The molecule has 0 bridgehead atoms. The van der Waals surface area contributed by atoms with Crippen molar-refractivity contribution in [2.75, 3.05) is 5.73 Å². The van der Waals surface area contributed by atoms with Crippen molar-refractivity contribution in [2.24, 2.45) is 5.73 Å². The van der Waals surface area contributed by atoms with E-state index in [9.17, 15) is 0 Å². The molecule has 0 fully saturated rings. The van der Waals surface area contributed by atoms with Gasteiger partial charge in [-0.25, -0.2) is 9.67 Å². The van der Waals surface area contributed by atoms with Gasteiger partial charge in [0.25, 0.3) is 0 Å². The summed E-state index contributed by atoms with van der Waals surface area (Å²) < 4.78 is 7.35. The summed E-state index contributed by atoms with van der Waals surface area (Å²) in [5.41, 5.74) is 15.4. The van der Waals surface area contributed by atoms with Gasteiger partial charge in [-0.05, 0) is 30.2 Å². The molecule has 0 saturated carbocycles. The highest BCUT2D eigenvalue weighted by Gasteiger charge is 2.17. The molecule has 4 aromatic rings. The Morgan fingerprint density at radius 3 is 2.65 bits per heavy atom. The predicted molar refractivity (Wildman–Crippen MR) is 101 cm³/mol. The lowest BCUT2D eigenvalue weighted by molar-refractivity contribution is 0.547. The number of furan rings is 1. The van der Waals surface area contributed by atoms with E-state index in [0.29, 0.717) is 35.7 Å². The van der Waals surface area contributed by atoms with Crippen LogP contribution in [0.2, 0.25) is 0 Å². The predicted octanol–water partition coefficient (Wildman–Crippen LogP) is 2.30. The molecular weight excluding hydrogens is 354 g/mol. The van der Waals surface area contributed by atoms with Crippen LogP contribution in [0.25, 0.3) is 22.6 Å². The first-order chi connectivity index (χ1) is 12.1. The van der Waals surface area contributed by atoms with Crippen molar-refractivity contribution in [3.8, 4) is 11.5 Å². The highest BCUT2D eigenvalue weighted by molar-refractivity contribution is 5.86.